The van der Waals surface area contributed by atoms with Gasteiger partial charge in [0.05, 0.1) is 0 Å². The van der Waals surface area contributed by atoms with Crippen molar-refractivity contribution in [2.24, 2.45) is 17.8 Å². The van der Waals surface area contributed by atoms with Gasteiger partial charge in [-0.25, -0.2) is 13.2 Å². The van der Waals surface area contributed by atoms with Crippen LogP contribution in [0, 0.1) is 35.2 Å². The zero-order valence-electron chi connectivity index (χ0n) is 17.8. The van der Waals surface area contributed by atoms with Crippen LogP contribution < -0.4 is 0 Å². The van der Waals surface area contributed by atoms with Gasteiger partial charge < -0.3 is 0 Å². The molecule has 2 aromatic carbocycles. The fourth-order valence-corrected chi connectivity index (χ4v) is 5.61. The molecular formula is C27H31F3. The molecule has 30 heavy (non-hydrogen) atoms. The Morgan fingerprint density at radius 3 is 2.40 bits per heavy atom. The van der Waals surface area contributed by atoms with Gasteiger partial charge in [0.1, 0.15) is 5.82 Å². The third-order valence-corrected chi connectivity index (χ3v) is 7.36. The predicted molar refractivity (Wildman–Crippen MR) is 117 cm³/mol. The molecule has 160 valence electrons. The van der Waals surface area contributed by atoms with Crippen molar-refractivity contribution in [1.82, 2.24) is 0 Å². The predicted octanol–water partition coefficient (Wildman–Crippen LogP) is 8.04. The van der Waals surface area contributed by atoms with Crippen LogP contribution in [0.1, 0.15) is 63.0 Å². The van der Waals surface area contributed by atoms with E-state index in [1.807, 2.05) is 6.07 Å². The first kappa shape index (κ1) is 21.2. The summed E-state index contributed by atoms with van der Waals surface area (Å²) in [6, 6.07) is 7.51. The monoisotopic (exact) mass is 412 g/mol. The second-order valence-corrected chi connectivity index (χ2v) is 9.10. The maximum absolute atomic E-state index is 15.2. The average Bonchev–Trinajstić information content (AvgIpc) is 2.77. The Kier molecular flexibility index (Phi) is 6.65. The van der Waals surface area contributed by atoms with Crippen LogP contribution in [0.4, 0.5) is 13.2 Å². The minimum Gasteiger partial charge on any atom is -0.206 e. The summed E-state index contributed by atoms with van der Waals surface area (Å²) >= 11 is 0. The number of allylic oxidation sites excluding steroid dienone is 2. The first-order chi connectivity index (χ1) is 14.6. The van der Waals surface area contributed by atoms with E-state index in [0.717, 1.165) is 36.3 Å². The maximum Gasteiger partial charge on any atom is 0.166 e. The molecule has 0 N–H and O–H groups in total. The van der Waals surface area contributed by atoms with Crippen LogP contribution >= 0.6 is 0 Å². The van der Waals surface area contributed by atoms with Crippen LogP contribution in [0.3, 0.4) is 0 Å². The van der Waals surface area contributed by atoms with Crippen molar-refractivity contribution in [3.8, 4) is 11.1 Å². The molecule has 0 heterocycles. The van der Waals surface area contributed by atoms with E-state index in [-0.39, 0.29) is 16.9 Å². The largest absolute Gasteiger partial charge is 0.206 e. The summed E-state index contributed by atoms with van der Waals surface area (Å²) in [5.41, 5.74) is 1.94. The number of halogens is 3. The Labute approximate surface area is 178 Å². The second kappa shape index (κ2) is 9.41. The first-order valence-electron chi connectivity index (χ1n) is 11.4. The molecule has 2 aliphatic carbocycles. The minimum atomic E-state index is -0.976. The summed E-state index contributed by atoms with van der Waals surface area (Å²) in [7, 11) is 0. The van der Waals surface area contributed by atoms with E-state index in [4.69, 9.17) is 0 Å². The lowest BCUT2D eigenvalue weighted by Crippen LogP contribution is -2.27. The van der Waals surface area contributed by atoms with E-state index < -0.39 is 11.6 Å². The smallest absolute Gasteiger partial charge is 0.166 e. The number of hydrogen-bond donors (Lipinski definition) is 0. The third-order valence-electron chi connectivity index (χ3n) is 7.36. The van der Waals surface area contributed by atoms with Crippen LogP contribution in [0.25, 0.3) is 11.1 Å². The number of fused-ring (bicyclic) bond motifs is 1. The Hall–Kier alpha value is -2.03. The van der Waals surface area contributed by atoms with Gasteiger partial charge in [0.15, 0.2) is 11.6 Å². The van der Waals surface area contributed by atoms with E-state index in [0.29, 0.717) is 17.9 Å². The number of benzene rings is 2. The second-order valence-electron chi connectivity index (χ2n) is 9.10. The van der Waals surface area contributed by atoms with Crippen LogP contribution in [-0.2, 0) is 12.8 Å². The molecule has 3 heteroatoms. The zero-order valence-corrected chi connectivity index (χ0v) is 17.8. The normalized spacial score (nSPS) is 24.2. The van der Waals surface area contributed by atoms with Gasteiger partial charge >= 0.3 is 0 Å². The lowest BCUT2D eigenvalue weighted by atomic mass is 9.69. The Morgan fingerprint density at radius 1 is 0.867 bits per heavy atom. The van der Waals surface area contributed by atoms with Gasteiger partial charge in [0.2, 0.25) is 0 Å². The lowest BCUT2D eigenvalue weighted by Gasteiger charge is -2.36. The van der Waals surface area contributed by atoms with E-state index in [9.17, 15) is 8.78 Å². The molecule has 1 atom stereocenters. The molecule has 1 fully saturated rings. The summed E-state index contributed by atoms with van der Waals surface area (Å²) < 4.78 is 43.0. The summed E-state index contributed by atoms with van der Waals surface area (Å²) in [4.78, 5) is 0. The van der Waals surface area contributed by atoms with Crippen LogP contribution in [0.15, 0.2) is 42.5 Å². The molecule has 2 aromatic rings. The molecule has 0 nitrogen and oxygen atoms in total. The standard InChI is InChI=1S/C27H31F3/c1-2-3-4-6-18-9-11-19(12-10-18)20-13-15-22-21(17-20)14-16-24(26(22)29)23-7-5-8-25(28)27(23)30/h2-3,5,7-8,14,16,18-20H,4,6,9-13,15,17H2,1H3/b3-2+. The van der Waals surface area contributed by atoms with Gasteiger partial charge in [-0.05, 0) is 86.8 Å². The minimum absolute atomic E-state index is 0.00802. The van der Waals surface area contributed by atoms with Crippen molar-refractivity contribution >= 4 is 0 Å². The van der Waals surface area contributed by atoms with Crippen molar-refractivity contribution < 1.29 is 13.2 Å². The lowest BCUT2D eigenvalue weighted by molar-refractivity contribution is 0.184. The van der Waals surface area contributed by atoms with Gasteiger partial charge in [0, 0.05) is 11.1 Å². The van der Waals surface area contributed by atoms with Crippen LogP contribution in [-0.4, -0.2) is 0 Å². The van der Waals surface area contributed by atoms with E-state index in [2.05, 4.69) is 19.1 Å². The number of rotatable bonds is 5. The van der Waals surface area contributed by atoms with E-state index in [1.165, 1.54) is 50.7 Å². The summed E-state index contributed by atoms with van der Waals surface area (Å²) in [5.74, 6) is -0.0791. The molecule has 2 aliphatic rings. The molecule has 0 amide bonds. The van der Waals surface area contributed by atoms with Gasteiger partial charge in [-0.15, -0.1) is 0 Å². The molecule has 4 rings (SSSR count). The maximum atomic E-state index is 15.2. The Balaban J connectivity index is 1.44. The molecule has 0 spiro atoms. The van der Waals surface area contributed by atoms with Crippen molar-refractivity contribution in [3.63, 3.8) is 0 Å². The summed E-state index contributed by atoms with van der Waals surface area (Å²) in [6.07, 6.45) is 14.7. The van der Waals surface area contributed by atoms with Crippen LogP contribution in [0.2, 0.25) is 0 Å². The van der Waals surface area contributed by atoms with Crippen molar-refractivity contribution in [3.05, 3.63) is 71.1 Å². The zero-order chi connectivity index (χ0) is 21.1. The topological polar surface area (TPSA) is 0 Å². The van der Waals surface area contributed by atoms with Gasteiger partial charge in [0.25, 0.3) is 0 Å². The van der Waals surface area contributed by atoms with Crippen molar-refractivity contribution in [1.29, 1.82) is 0 Å². The van der Waals surface area contributed by atoms with Gasteiger partial charge in [-0.3, -0.25) is 0 Å². The fourth-order valence-electron chi connectivity index (χ4n) is 5.61. The van der Waals surface area contributed by atoms with Crippen LogP contribution in [0.5, 0.6) is 0 Å². The summed E-state index contributed by atoms with van der Waals surface area (Å²) in [5, 5.41) is 0. The molecule has 0 radical (unpaired) electrons. The average molecular weight is 413 g/mol. The molecule has 1 saturated carbocycles. The highest BCUT2D eigenvalue weighted by Crippen LogP contribution is 2.42. The summed E-state index contributed by atoms with van der Waals surface area (Å²) in [6.45, 7) is 2.08. The highest BCUT2D eigenvalue weighted by atomic mass is 19.2. The van der Waals surface area contributed by atoms with Gasteiger partial charge in [-0.2, -0.15) is 0 Å². The number of hydrogen-bond acceptors (Lipinski definition) is 0. The highest BCUT2D eigenvalue weighted by Gasteiger charge is 2.31. The Bertz CT molecular complexity index is 907. The van der Waals surface area contributed by atoms with E-state index >= 15 is 4.39 Å². The highest BCUT2D eigenvalue weighted by molar-refractivity contribution is 5.67. The van der Waals surface area contributed by atoms with Gasteiger partial charge in [-0.1, -0.05) is 49.3 Å². The van der Waals surface area contributed by atoms with Crippen molar-refractivity contribution in [2.75, 3.05) is 0 Å². The van der Waals surface area contributed by atoms with Crippen molar-refractivity contribution in [2.45, 2.75) is 64.7 Å². The molecule has 1 unspecified atom stereocenters. The molecule has 0 aliphatic heterocycles. The fraction of sp³-hybridized carbons (Fsp3) is 0.481. The molecular weight excluding hydrogens is 381 g/mol. The van der Waals surface area contributed by atoms with E-state index in [1.54, 1.807) is 6.07 Å². The molecule has 0 saturated heterocycles. The molecule has 0 bridgehead atoms. The quantitative estimate of drug-likeness (QED) is 0.436. The third kappa shape index (κ3) is 4.36. The first-order valence-corrected chi connectivity index (χ1v) is 11.4. The molecule has 0 aromatic heterocycles. The Morgan fingerprint density at radius 2 is 1.63 bits per heavy atom. The SMILES string of the molecule is C/C=C/CCC1CCC(C2CCc3c(ccc(-c4cccc(F)c4F)c3F)C2)CC1.